The average molecular weight is 286 g/mol. The highest BCUT2D eigenvalue weighted by Gasteiger charge is 2.18. The number of hydrogen-bond donors (Lipinski definition) is 0. The third-order valence-electron chi connectivity index (χ3n) is 2.33. The first kappa shape index (κ1) is 13.0. The molecule has 0 saturated heterocycles. The Hall–Kier alpha value is -1.46. The van der Waals surface area contributed by atoms with E-state index in [1.165, 1.54) is 19.2 Å². The number of esters is 1. The number of aromatic nitrogens is 1. The third kappa shape index (κ3) is 2.37. The van der Waals surface area contributed by atoms with Gasteiger partial charge in [0.1, 0.15) is 15.7 Å². The quantitative estimate of drug-likeness (QED) is 0.790. The second-order valence-electron chi connectivity index (χ2n) is 3.55. The predicted molar refractivity (Wildman–Crippen MR) is 68.6 cm³/mol. The molecule has 0 fully saturated rings. The SMILES string of the molecule is COC(=O)c1sc(-c2ccc(Cl)cc2F)nc1C. The molecule has 0 aliphatic carbocycles. The lowest BCUT2D eigenvalue weighted by molar-refractivity contribution is 0.0605. The molecule has 0 saturated carbocycles. The molecular formula is C12H9ClFNO2S. The van der Waals surface area contributed by atoms with Crippen LogP contribution in [0.25, 0.3) is 10.6 Å². The van der Waals surface area contributed by atoms with Crippen LogP contribution in [0, 0.1) is 12.7 Å². The van der Waals surface area contributed by atoms with E-state index in [4.69, 9.17) is 11.6 Å². The number of aryl methyl sites for hydroxylation is 1. The smallest absolute Gasteiger partial charge is 0.349 e. The van der Waals surface area contributed by atoms with Gasteiger partial charge in [-0.25, -0.2) is 14.2 Å². The average Bonchev–Trinajstić information content (AvgIpc) is 2.70. The molecule has 0 amide bonds. The first-order chi connectivity index (χ1) is 8.52. The number of benzene rings is 1. The Labute approximate surface area is 112 Å². The van der Waals surface area contributed by atoms with Crippen molar-refractivity contribution in [2.45, 2.75) is 6.92 Å². The number of nitrogens with zero attached hydrogens (tertiary/aromatic N) is 1. The van der Waals surface area contributed by atoms with Crippen molar-refractivity contribution in [1.29, 1.82) is 0 Å². The van der Waals surface area contributed by atoms with Crippen LogP contribution in [0.15, 0.2) is 18.2 Å². The summed E-state index contributed by atoms with van der Waals surface area (Å²) in [4.78, 5) is 16.0. The zero-order chi connectivity index (χ0) is 13.3. The number of methoxy groups -OCH3 is 1. The highest BCUT2D eigenvalue weighted by atomic mass is 35.5. The van der Waals surface area contributed by atoms with Gasteiger partial charge in [-0.2, -0.15) is 0 Å². The minimum atomic E-state index is -0.467. The number of carbonyl (C=O) groups is 1. The van der Waals surface area contributed by atoms with E-state index in [0.29, 0.717) is 26.2 Å². The molecular weight excluding hydrogens is 277 g/mol. The molecule has 2 rings (SSSR count). The van der Waals surface area contributed by atoms with Gasteiger partial charge in [-0.05, 0) is 25.1 Å². The molecule has 1 aromatic carbocycles. The van der Waals surface area contributed by atoms with Crippen molar-refractivity contribution in [3.63, 3.8) is 0 Å². The lowest BCUT2D eigenvalue weighted by atomic mass is 10.2. The molecule has 2 aromatic rings. The summed E-state index contributed by atoms with van der Waals surface area (Å²) >= 11 is 6.78. The normalized spacial score (nSPS) is 10.4. The van der Waals surface area contributed by atoms with Gasteiger partial charge >= 0.3 is 5.97 Å². The van der Waals surface area contributed by atoms with Crippen LogP contribution in [-0.4, -0.2) is 18.1 Å². The maximum absolute atomic E-state index is 13.7. The van der Waals surface area contributed by atoms with E-state index in [1.54, 1.807) is 13.0 Å². The van der Waals surface area contributed by atoms with Crippen LogP contribution in [0.1, 0.15) is 15.4 Å². The summed E-state index contributed by atoms with van der Waals surface area (Å²) in [6.45, 7) is 1.68. The van der Waals surface area contributed by atoms with E-state index >= 15 is 0 Å². The Balaban J connectivity index is 2.49. The molecule has 0 unspecified atom stereocenters. The fraction of sp³-hybridized carbons (Fsp3) is 0.167. The molecule has 0 atom stereocenters. The Kier molecular flexibility index (Phi) is 3.63. The summed E-state index contributed by atoms with van der Waals surface area (Å²) in [6.07, 6.45) is 0. The molecule has 0 aliphatic heterocycles. The van der Waals surface area contributed by atoms with E-state index in [1.807, 2.05) is 0 Å². The van der Waals surface area contributed by atoms with Crippen LogP contribution in [-0.2, 0) is 4.74 Å². The minimum absolute atomic E-state index is 0.317. The van der Waals surface area contributed by atoms with Crippen molar-refractivity contribution < 1.29 is 13.9 Å². The van der Waals surface area contributed by atoms with E-state index in [-0.39, 0.29) is 0 Å². The lowest BCUT2D eigenvalue weighted by Gasteiger charge is -1.98. The van der Waals surface area contributed by atoms with Crippen molar-refractivity contribution in [2.24, 2.45) is 0 Å². The van der Waals surface area contributed by atoms with Crippen LogP contribution < -0.4 is 0 Å². The molecule has 0 radical (unpaired) electrons. The first-order valence-corrected chi connectivity index (χ1v) is 6.23. The second kappa shape index (κ2) is 5.04. The summed E-state index contributed by atoms with van der Waals surface area (Å²) < 4.78 is 18.4. The van der Waals surface area contributed by atoms with E-state index < -0.39 is 11.8 Å². The maximum atomic E-state index is 13.7. The molecule has 94 valence electrons. The molecule has 0 spiro atoms. The molecule has 3 nitrogen and oxygen atoms in total. The number of hydrogen-bond acceptors (Lipinski definition) is 4. The number of rotatable bonds is 2. The van der Waals surface area contributed by atoms with Crippen molar-refractivity contribution in [2.75, 3.05) is 7.11 Å². The van der Waals surface area contributed by atoms with Crippen LogP contribution in [0.4, 0.5) is 4.39 Å². The van der Waals surface area contributed by atoms with E-state index in [0.717, 1.165) is 11.3 Å². The Morgan fingerprint density at radius 1 is 1.50 bits per heavy atom. The number of ether oxygens (including phenoxy) is 1. The molecule has 0 N–H and O–H groups in total. The van der Waals surface area contributed by atoms with E-state index in [9.17, 15) is 9.18 Å². The van der Waals surface area contributed by atoms with Crippen LogP contribution in [0.5, 0.6) is 0 Å². The summed E-state index contributed by atoms with van der Waals surface area (Å²) in [7, 11) is 1.30. The van der Waals surface area contributed by atoms with Gasteiger partial charge in [0.15, 0.2) is 0 Å². The van der Waals surface area contributed by atoms with Gasteiger partial charge in [0.05, 0.1) is 12.8 Å². The number of halogens is 2. The number of thiazole rings is 1. The van der Waals surface area contributed by atoms with Crippen molar-refractivity contribution in [3.8, 4) is 10.6 Å². The van der Waals surface area contributed by atoms with Crippen molar-refractivity contribution in [1.82, 2.24) is 4.98 Å². The van der Waals surface area contributed by atoms with Crippen LogP contribution >= 0.6 is 22.9 Å². The molecule has 1 heterocycles. The first-order valence-electron chi connectivity index (χ1n) is 5.04. The highest BCUT2D eigenvalue weighted by molar-refractivity contribution is 7.17. The van der Waals surface area contributed by atoms with Gasteiger partial charge in [0.25, 0.3) is 0 Å². The molecule has 0 aliphatic rings. The second-order valence-corrected chi connectivity index (χ2v) is 4.98. The third-order valence-corrected chi connectivity index (χ3v) is 3.73. The topological polar surface area (TPSA) is 39.2 Å². The Bertz CT molecular complexity index is 612. The van der Waals surface area contributed by atoms with Crippen molar-refractivity contribution in [3.05, 3.63) is 39.6 Å². The monoisotopic (exact) mass is 285 g/mol. The minimum Gasteiger partial charge on any atom is -0.465 e. The standard InChI is InChI=1S/C12H9ClFNO2S/c1-6-10(12(16)17-2)18-11(15-6)8-4-3-7(13)5-9(8)14/h3-5H,1-2H3. The summed E-state index contributed by atoms with van der Waals surface area (Å²) in [5.74, 6) is -0.932. The fourth-order valence-corrected chi connectivity index (χ4v) is 2.63. The zero-order valence-corrected chi connectivity index (χ0v) is 11.2. The Morgan fingerprint density at radius 3 is 2.83 bits per heavy atom. The van der Waals surface area contributed by atoms with Crippen LogP contribution in [0.3, 0.4) is 0 Å². The van der Waals surface area contributed by atoms with Gasteiger partial charge in [0, 0.05) is 10.6 Å². The molecule has 18 heavy (non-hydrogen) atoms. The predicted octanol–water partition coefficient (Wildman–Crippen LogP) is 3.70. The lowest BCUT2D eigenvalue weighted by Crippen LogP contribution is -1.99. The molecule has 0 bridgehead atoms. The van der Waals surface area contributed by atoms with E-state index in [2.05, 4.69) is 9.72 Å². The largest absolute Gasteiger partial charge is 0.465 e. The maximum Gasteiger partial charge on any atom is 0.349 e. The van der Waals surface area contributed by atoms with Gasteiger partial charge in [-0.15, -0.1) is 11.3 Å². The Morgan fingerprint density at radius 2 is 2.22 bits per heavy atom. The molecule has 6 heteroatoms. The fourth-order valence-electron chi connectivity index (χ4n) is 1.46. The van der Waals surface area contributed by atoms with Crippen molar-refractivity contribution >= 4 is 28.9 Å². The van der Waals surface area contributed by atoms with Gasteiger partial charge in [0.2, 0.25) is 0 Å². The zero-order valence-electron chi connectivity index (χ0n) is 9.66. The summed E-state index contributed by atoms with van der Waals surface area (Å²) in [5, 5.41) is 0.750. The summed E-state index contributed by atoms with van der Waals surface area (Å²) in [6, 6.07) is 4.33. The van der Waals surface area contributed by atoms with Gasteiger partial charge in [-0.3, -0.25) is 0 Å². The highest BCUT2D eigenvalue weighted by Crippen LogP contribution is 2.31. The summed E-state index contributed by atoms with van der Waals surface area (Å²) in [5.41, 5.74) is 0.846. The molecule has 1 aromatic heterocycles. The number of carbonyl (C=O) groups excluding carboxylic acids is 1. The van der Waals surface area contributed by atoms with Crippen LogP contribution in [0.2, 0.25) is 5.02 Å². The van der Waals surface area contributed by atoms with Gasteiger partial charge < -0.3 is 4.74 Å². The van der Waals surface area contributed by atoms with Gasteiger partial charge in [-0.1, -0.05) is 11.6 Å².